The molecule has 0 aliphatic carbocycles. The summed E-state index contributed by atoms with van der Waals surface area (Å²) in [6.07, 6.45) is 2.80. The third-order valence-electron chi connectivity index (χ3n) is 3.46. The average Bonchev–Trinajstić information content (AvgIpc) is 2.94. The first-order valence-electron chi connectivity index (χ1n) is 7.40. The summed E-state index contributed by atoms with van der Waals surface area (Å²) in [5.74, 6) is 1.51. The zero-order valence-electron chi connectivity index (χ0n) is 12.3. The van der Waals surface area contributed by atoms with Crippen LogP contribution in [-0.2, 0) is 0 Å². The lowest BCUT2D eigenvalue weighted by atomic mass is 10.0. The van der Waals surface area contributed by atoms with Crippen molar-refractivity contribution in [3.63, 3.8) is 0 Å². The van der Waals surface area contributed by atoms with Gasteiger partial charge in [0.15, 0.2) is 17.3 Å². The lowest BCUT2D eigenvalue weighted by molar-refractivity contribution is 0.0971. The Morgan fingerprint density at radius 3 is 2.65 bits per heavy atom. The highest BCUT2D eigenvalue weighted by atomic mass is 16.5. The first kappa shape index (κ1) is 14.9. The van der Waals surface area contributed by atoms with Crippen LogP contribution in [0.1, 0.15) is 43.5 Å². The predicted molar refractivity (Wildman–Crippen MR) is 78.8 cm³/mol. The van der Waals surface area contributed by atoms with E-state index in [9.17, 15) is 4.79 Å². The van der Waals surface area contributed by atoms with Gasteiger partial charge in [0.05, 0.1) is 13.2 Å². The lowest BCUT2D eigenvalue weighted by Crippen LogP contribution is -2.24. The van der Waals surface area contributed by atoms with Gasteiger partial charge in [-0.2, -0.15) is 0 Å². The Kier molecular flexibility index (Phi) is 5.41. The van der Waals surface area contributed by atoms with Gasteiger partial charge in [0, 0.05) is 18.0 Å². The van der Waals surface area contributed by atoms with E-state index in [0.717, 1.165) is 19.4 Å². The van der Waals surface area contributed by atoms with Crippen LogP contribution in [0.3, 0.4) is 0 Å². The third kappa shape index (κ3) is 3.73. The van der Waals surface area contributed by atoms with Crippen LogP contribution in [0.4, 0.5) is 0 Å². The molecule has 0 aromatic heterocycles. The molecule has 1 N–H and O–H groups in total. The number of hydrogen-bond acceptors (Lipinski definition) is 4. The summed E-state index contributed by atoms with van der Waals surface area (Å²) in [4.78, 5) is 12.3. The fourth-order valence-corrected chi connectivity index (χ4v) is 2.50. The van der Waals surface area contributed by atoms with E-state index >= 15 is 0 Å². The van der Waals surface area contributed by atoms with Gasteiger partial charge >= 0.3 is 0 Å². The van der Waals surface area contributed by atoms with Crippen LogP contribution >= 0.6 is 0 Å². The molecule has 1 unspecified atom stereocenters. The molecule has 1 aliphatic heterocycles. The van der Waals surface area contributed by atoms with Crippen LogP contribution in [-0.4, -0.2) is 31.6 Å². The minimum Gasteiger partial charge on any atom is -0.490 e. The first-order valence-corrected chi connectivity index (χ1v) is 7.40. The van der Waals surface area contributed by atoms with Gasteiger partial charge in [0.1, 0.15) is 0 Å². The number of nitrogens with one attached hydrogen (secondary N) is 1. The van der Waals surface area contributed by atoms with Crippen LogP contribution in [0.5, 0.6) is 11.5 Å². The van der Waals surface area contributed by atoms with E-state index in [2.05, 4.69) is 5.32 Å². The maximum atomic E-state index is 12.3. The molecule has 0 radical (unpaired) electrons. The van der Waals surface area contributed by atoms with Gasteiger partial charge in [-0.3, -0.25) is 4.79 Å². The summed E-state index contributed by atoms with van der Waals surface area (Å²) < 4.78 is 11.1. The molecule has 4 heteroatoms. The van der Waals surface area contributed by atoms with Crippen molar-refractivity contribution in [2.45, 2.75) is 39.2 Å². The fourth-order valence-electron chi connectivity index (χ4n) is 2.50. The van der Waals surface area contributed by atoms with Crippen molar-refractivity contribution in [1.29, 1.82) is 0 Å². The number of rotatable bonds is 7. The normalized spacial score (nSPS) is 18.0. The molecule has 1 atom stereocenters. The quantitative estimate of drug-likeness (QED) is 0.779. The maximum Gasteiger partial charge on any atom is 0.164 e. The van der Waals surface area contributed by atoms with E-state index in [4.69, 9.17) is 9.47 Å². The lowest BCUT2D eigenvalue weighted by Gasteiger charge is -2.13. The molecule has 1 aromatic carbocycles. The SMILES string of the molecule is CCOc1ccc(C(=O)CC2CCCN2)cc1OCC. The minimum atomic E-state index is 0.161. The molecular formula is C16H23NO3. The molecule has 4 nitrogen and oxygen atoms in total. The summed E-state index contributed by atoms with van der Waals surface area (Å²) in [5.41, 5.74) is 0.700. The Morgan fingerprint density at radius 2 is 2.00 bits per heavy atom. The third-order valence-corrected chi connectivity index (χ3v) is 3.46. The van der Waals surface area contributed by atoms with Gasteiger partial charge in [-0.25, -0.2) is 0 Å². The summed E-state index contributed by atoms with van der Waals surface area (Å²) in [7, 11) is 0. The molecule has 110 valence electrons. The highest BCUT2D eigenvalue weighted by Crippen LogP contribution is 2.29. The molecule has 1 fully saturated rings. The molecule has 0 saturated carbocycles. The molecule has 1 aliphatic rings. The highest BCUT2D eigenvalue weighted by molar-refractivity contribution is 5.97. The fraction of sp³-hybridized carbons (Fsp3) is 0.562. The van der Waals surface area contributed by atoms with Crippen molar-refractivity contribution in [2.75, 3.05) is 19.8 Å². The molecule has 2 rings (SSSR count). The van der Waals surface area contributed by atoms with Gasteiger partial charge in [-0.05, 0) is 51.4 Å². The Balaban J connectivity index is 2.10. The van der Waals surface area contributed by atoms with Crippen LogP contribution in [0.2, 0.25) is 0 Å². The zero-order chi connectivity index (χ0) is 14.4. The average molecular weight is 277 g/mol. The largest absolute Gasteiger partial charge is 0.490 e. The smallest absolute Gasteiger partial charge is 0.164 e. The maximum absolute atomic E-state index is 12.3. The van der Waals surface area contributed by atoms with Crippen LogP contribution in [0.15, 0.2) is 18.2 Å². The topological polar surface area (TPSA) is 47.6 Å². The zero-order valence-corrected chi connectivity index (χ0v) is 12.3. The van der Waals surface area contributed by atoms with Crippen molar-refractivity contribution in [1.82, 2.24) is 5.32 Å². The van der Waals surface area contributed by atoms with Gasteiger partial charge in [0.2, 0.25) is 0 Å². The number of carbonyl (C=O) groups excluding carboxylic acids is 1. The molecule has 1 aromatic rings. The van der Waals surface area contributed by atoms with Crippen molar-refractivity contribution >= 4 is 5.78 Å². The number of ether oxygens (including phenoxy) is 2. The Hall–Kier alpha value is -1.55. The predicted octanol–water partition coefficient (Wildman–Crippen LogP) is 2.81. The van der Waals surface area contributed by atoms with E-state index < -0.39 is 0 Å². The van der Waals surface area contributed by atoms with E-state index in [-0.39, 0.29) is 5.78 Å². The molecule has 0 amide bonds. The molecule has 1 saturated heterocycles. The van der Waals surface area contributed by atoms with Gasteiger partial charge < -0.3 is 14.8 Å². The molecule has 0 spiro atoms. The van der Waals surface area contributed by atoms with E-state index in [1.165, 1.54) is 0 Å². The first-order chi connectivity index (χ1) is 9.74. The second kappa shape index (κ2) is 7.29. The molecule has 20 heavy (non-hydrogen) atoms. The van der Waals surface area contributed by atoms with Crippen LogP contribution in [0, 0.1) is 0 Å². The standard InChI is InChI=1S/C16H23NO3/c1-3-19-15-8-7-12(10-16(15)20-4-2)14(18)11-13-6-5-9-17-13/h7-8,10,13,17H,3-6,9,11H2,1-2H3. The molecule has 0 bridgehead atoms. The number of ketones is 1. The van der Waals surface area contributed by atoms with Gasteiger partial charge in [-0.1, -0.05) is 0 Å². The van der Waals surface area contributed by atoms with Crippen molar-refractivity contribution in [2.24, 2.45) is 0 Å². The summed E-state index contributed by atoms with van der Waals surface area (Å²) in [6.45, 7) is 6.01. The summed E-state index contributed by atoms with van der Waals surface area (Å²) in [6, 6.07) is 5.77. The van der Waals surface area contributed by atoms with Crippen LogP contribution < -0.4 is 14.8 Å². The monoisotopic (exact) mass is 277 g/mol. The van der Waals surface area contributed by atoms with E-state index in [0.29, 0.717) is 42.7 Å². The van der Waals surface area contributed by atoms with E-state index in [1.807, 2.05) is 26.0 Å². The molecule has 1 heterocycles. The summed E-state index contributed by atoms with van der Waals surface area (Å²) in [5, 5.41) is 3.35. The second-order valence-corrected chi connectivity index (χ2v) is 4.95. The second-order valence-electron chi connectivity index (χ2n) is 4.95. The Bertz CT molecular complexity index is 453. The van der Waals surface area contributed by atoms with Crippen molar-refractivity contribution in [3.05, 3.63) is 23.8 Å². The number of Topliss-reactive ketones (excluding diaryl/α,β-unsaturated/α-hetero) is 1. The van der Waals surface area contributed by atoms with Crippen molar-refractivity contribution < 1.29 is 14.3 Å². The highest BCUT2D eigenvalue weighted by Gasteiger charge is 2.19. The van der Waals surface area contributed by atoms with E-state index in [1.54, 1.807) is 6.07 Å². The van der Waals surface area contributed by atoms with Crippen LogP contribution in [0.25, 0.3) is 0 Å². The Labute approximate surface area is 120 Å². The van der Waals surface area contributed by atoms with Gasteiger partial charge in [0.25, 0.3) is 0 Å². The minimum absolute atomic E-state index is 0.161. The number of hydrogen-bond donors (Lipinski definition) is 1. The summed E-state index contributed by atoms with van der Waals surface area (Å²) >= 11 is 0. The number of benzene rings is 1. The Morgan fingerprint density at radius 1 is 1.25 bits per heavy atom. The molecular weight excluding hydrogens is 254 g/mol. The van der Waals surface area contributed by atoms with Gasteiger partial charge in [-0.15, -0.1) is 0 Å². The number of carbonyl (C=O) groups is 1. The van der Waals surface area contributed by atoms with Crippen molar-refractivity contribution in [3.8, 4) is 11.5 Å².